The molecule has 2 N–H and O–H groups in total. The van der Waals surface area contributed by atoms with Gasteiger partial charge in [0.15, 0.2) is 5.76 Å². The van der Waals surface area contributed by atoms with Crippen LogP contribution in [0.2, 0.25) is 5.02 Å². The molecule has 0 aliphatic heterocycles. The van der Waals surface area contributed by atoms with Gasteiger partial charge in [-0.2, -0.15) is 0 Å². The van der Waals surface area contributed by atoms with Gasteiger partial charge in [-0.05, 0) is 56.2 Å². The molecule has 1 atom stereocenters. The molecule has 31 heavy (non-hydrogen) atoms. The quantitative estimate of drug-likeness (QED) is 0.517. The van der Waals surface area contributed by atoms with E-state index in [1.807, 2.05) is 0 Å². The van der Waals surface area contributed by atoms with Crippen molar-refractivity contribution < 1.29 is 22.8 Å². The topological polar surface area (TPSA) is 113 Å². The fourth-order valence-corrected chi connectivity index (χ4v) is 4.29. The summed E-state index contributed by atoms with van der Waals surface area (Å²) in [6, 6.07) is 11.4. The molecule has 0 saturated heterocycles. The lowest BCUT2D eigenvalue weighted by Crippen LogP contribution is -2.33. The number of rotatable bonds is 6. The third kappa shape index (κ3) is 4.83. The van der Waals surface area contributed by atoms with Gasteiger partial charge < -0.3 is 9.63 Å². The number of nitrogens with one attached hydrogen (secondary N) is 1. The van der Waals surface area contributed by atoms with Crippen molar-refractivity contribution in [3.63, 3.8) is 0 Å². The van der Waals surface area contributed by atoms with E-state index in [0.29, 0.717) is 38.8 Å². The number of sulfonamides is 1. The number of amides is 1. The summed E-state index contributed by atoms with van der Waals surface area (Å²) in [7, 11) is -3.44. The fourth-order valence-electron chi connectivity index (χ4n) is 3.37. The normalized spacial score (nSPS) is 12.4. The second kappa shape index (κ2) is 8.60. The molecule has 2 aromatic carbocycles. The summed E-state index contributed by atoms with van der Waals surface area (Å²) in [5, 5.41) is 14.5. The van der Waals surface area contributed by atoms with E-state index in [-0.39, 0.29) is 5.76 Å². The van der Waals surface area contributed by atoms with E-state index in [2.05, 4.69) is 9.88 Å². The van der Waals surface area contributed by atoms with Crippen LogP contribution in [0.4, 0.5) is 16.2 Å². The van der Waals surface area contributed by atoms with Crippen LogP contribution in [-0.4, -0.2) is 31.0 Å². The number of anilines is 2. The maximum Gasteiger partial charge on any atom is 0.412 e. The molecule has 0 aliphatic carbocycles. The van der Waals surface area contributed by atoms with Crippen molar-refractivity contribution in [2.24, 2.45) is 0 Å². The zero-order valence-corrected chi connectivity index (χ0v) is 19.0. The number of halogens is 1. The van der Waals surface area contributed by atoms with Crippen molar-refractivity contribution in [1.29, 1.82) is 0 Å². The van der Waals surface area contributed by atoms with Gasteiger partial charge in [-0.1, -0.05) is 35.0 Å². The number of carboxylic acid groups (broad SMARTS) is 1. The number of hydrogen-bond acceptors (Lipinski definition) is 5. The minimum Gasteiger partial charge on any atom is -0.465 e. The lowest BCUT2D eigenvalue weighted by molar-refractivity contribution is 0.199. The van der Waals surface area contributed by atoms with Crippen LogP contribution in [0.15, 0.2) is 47.0 Å². The van der Waals surface area contributed by atoms with E-state index in [1.165, 1.54) is 4.90 Å². The molecule has 3 aromatic rings. The van der Waals surface area contributed by atoms with E-state index in [0.717, 1.165) is 6.26 Å². The second-order valence-electron chi connectivity index (χ2n) is 7.20. The SMILES string of the molecule is Cc1cc(-c2onc(C)c2N(C(=O)O)C(C)c2ccccc2Cl)ccc1NS(C)(=O)=O. The van der Waals surface area contributed by atoms with Crippen molar-refractivity contribution in [3.8, 4) is 11.3 Å². The number of hydrogen-bond donors (Lipinski definition) is 2. The summed E-state index contributed by atoms with van der Waals surface area (Å²) in [4.78, 5) is 13.4. The van der Waals surface area contributed by atoms with Gasteiger partial charge in [-0.3, -0.25) is 9.62 Å². The fraction of sp³-hybridized carbons (Fsp3) is 0.238. The van der Waals surface area contributed by atoms with Crippen molar-refractivity contribution in [3.05, 3.63) is 64.3 Å². The number of aryl methyl sites for hydroxylation is 2. The third-order valence-corrected chi connectivity index (χ3v) is 5.74. The first kappa shape index (κ1) is 22.6. The molecule has 8 nitrogen and oxygen atoms in total. The van der Waals surface area contributed by atoms with Gasteiger partial charge in [0, 0.05) is 10.6 Å². The Balaban J connectivity index is 2.10. The van der Waals surface area contributed by atoms with Gasteiger partial charge >= 0.3 is 6.09 Å². The first-order valence-electron chi connectivity index (χ1n) is 9.31. The van der Waals surface area contributed by atoms with Gasteiger partial charge in [-0.15, -0.1) is 0 Å². The second-order valence-corrected chi connectivity index (χ2v) is 9.36. The van der Waals surface area contributed by atoms with Gasteiger partial charge in [0.25, 0.3) is 0 Å². The molecule has 1 aromatic heterocycles. The number of aromatic nitrogens is 1. The molecule has 0 bridgehead atoms. The van der Waals surface area contributed by atoms with Crippen LogP contribution in [0, 0.1) is 13.8 Å². The van der Waals surface area contributed by atoms with Gasteiger partial charge in [0.2, 0.25) is 10.0 Å². The molecule has 0 fully saturated rings. The third-order valence-electron chi connectivity index (χ3n) is 4.81. The maximum absolute atomic E-state index is 12.3. The lowest BCUT2D eigenvalue weighted by Gasteiger charge is -2.27. The van der Waals surface area contributed by atoms with Crippen molar-refractivity contribution in [2.75, 3.05) is 15.9 Å². The minimum absolute atomic E-state index is 0.257. The summed E-state index contributed by atoms with van der Waals surface area (Å²) < 4.78 is 31.0. The minimum atomic E-state index is -3.44. The summed E-state index contributed by atoms with van der Waals surface area (Å²) in [5.41, 5.74) is 2.95. The highest BCUT2D eigenvalue weighted by Crippen LogP contribution is 2.40. The average Bonchev–Trinajstić information content (AvgIpc) is 3.04. The number of nitrogens with zero attached hydrogens (tertiary/aromatic N) is 2. The maximum atomic E-state index is 12.3. The lowest BCUT2D eigenvalue weighted by atomic mass is 10.0. The summed E-state index contributed by atoms with van der Waals surface area (Å²) in [6.07, 6.45) is -0.119. The number of benzene rings is 2. The Hall–Kier alpha value is -3.04. The zero-order valence-electron chi connectivity index (χ0n) is 17.4. The van der Waals surface area contributed by atoms with E-state index in [4.69, 9.17) is 16.1 Å². The molecule has 0 spiro atoms. The Bertz CT molecular complexity index is 1240. The standard InChI is InChI=1S/C21H22ClN3O5S/c1-12-11-15(9-10-18(12)24-31(4,28)29)20-19(13(2)23-30-20)25(21(26)27)14(3)16-7-5-6-8-17(16)22/h5-11,14,24H,1-4H3,(H,26,27). The Kier molecular flexibility index (Phi) is 6.28. The van der Waals surface area contributed by atoms with Crippen LogP contribution in [-0.2, 0) is 10.0 Å². The Morgan fingerprint density at radius 1 is 1.23 bits per heavy atom. The molecular formula is C21H22ClN3O5S. The Labute approximate surface area is 185 Å². The van der Waals surface area contributed by atoms with Crippen LogP contribution in [0.5, 0.6) is 0 Å². The van der Waals surface area contributed by atoms with Crippen LogP contribution in [0.3, 0.4) is 0 Å². The molecule has 3 rings (SSSR count). The number of carbonyl (C=O) groups is 1. The van der Waals surface area contributed by atoms with E-state index in [9.17, 15) is 18.3 Å². The van der Waals surface area contributed by atoms with Crippen LogP contribution in [0.25, 0.3) is 11.3 Å². The molecule has 164 valence electrons. The van der Waals surface area contributed by atoms with Crippen molar-refractivity contribution in [2.45, 2.75) is 26.8 Å². The largest absolute Gasteiger partial charge is 0.465 e. The highest BCUT2D eigenvalue weighted by Gasteiger charge is 2.31. The predicted molar refractivity (Wildman–Crippen MR) is 120 cm³/mol. The van der Waals surface area contributed by atoms with E-state index in [1.54, 1.807) is 63.2 Å². The summed E-state index contributed by atoms with van der Waals surface area (Å²) in [5.74, 6) is 0.257. The Morgan fingerprint density at radius 3 is 2.48 bits per heavy atom. The van der Waals surface area contributed by atoms with Gasteiger partial charge in [0.05, 0.1) is 18.0 Å². The monoisotopic (exact) mass is 463 g/mol. The van der Waals surface area contributed by atoms with Crippen LogP contribution < -0.4 is 9.62 Å². The molecule has 1 heterocycles. The molecule has 0 radical (unpaired) electrons. The van der Waals surface area contributed by atoms with E-state index >= 15 is 0 Å². The smallest absolute Gasteiger partial charge is 0.412 e. The van der Waals surface area contributed by atoms with Gasteiger partial charge in [-0.25, -0.2) is 13.2 Å². The average molecular weight is 464 g/mol. The first-order valence-corrected chi connectivity index (χ1v) is 11.6. The molecule has 1 amide bonds. The highest BCUT2D eigenvalue weighted by molar-refractivity contribution is 7.92. The van der Waals surface area contributed by atoms with Crippen molar-refractivity contribution in [1.82, 2.24) is 5.16 Å². The predicted octanol–water partition coefficient (Wildman–Crippen LogP) is 5.23. The zero-order chi connectivity index (χ0) is 22.9. The van der Waals surface area contributed by atoms with Crippen molar-refractivity contribution >= 4 is 39.1 Å². The highest BCUT2D eigenvalue weighted by atomic mass is 35.5. The molecule has 0 aliphatic rings. The Morgan fingerprint density at radius 2 is 1.90 bits per heavy atom. The molecule has 0 saturated carbocycles. The molecule has 1 unspecified atom stereocenters. The first-order chi connectivity index (χ1) is 14.5. The van der Waals surface area contributed by atoms with Crippen LogP contribution >= 0.6 is 11.6 Å². The van der Waals surface area contributed by atoms with E-state index < -0.39 is 22.2 Å². The molecular weight excluding hydrogens is 442 g/mol. The molecule has 10 heteroatoms. The summed E-state index contributed by atoms with van der Waals surface area (Å²) in [6.45, 7) is 5.13. The summed E-state index contributed by atoms with van der Waals surface area (Å²) >= 11 is 6.30. The van der Waals surface area contributed by atoms with Gasteiger partial charge in [0.1, 0.15) is 11.4 Å². The van der Waals surface area contributed by atoms with Crippen LogP contribution in [0.1, 0.15) is 29.8 Å².